The van der Waals surface area contributed by atoms with Crippen LogP contribution in [0.25, 0.3) is 0 Å². The molecular weight excluding hydrogens is 231 g/mol. The third kappa shape index (κ3) is 2.36. The number of anilines is 1. The van der Waals surface area contributed by atoms with Crippen molar-refractivity contribution in [2.75, 3.05) is 11.6 Å². The van der Waals surface area contributed by atoms with E-state index >= 15 is 0 Å². The molecule has 1 unspecified atom stereocenters. The molecule has 0 aromatic carbocycles. The standard InChI is InChI=1S/C11H14F3N3/c1-2-8-4-3-6-15-10(8)17-9(5-7-16-17)11(12,13)14/h3-4,6,9,16H,2,5,7H2,1H3. The molecule has 0 aliphatic carbocycles. The van der Waals surface area contributed by atoms with Crippen molar-refractivity contribution in [3.8, 4) is 0 Å². The quantitative estimate of drug-likeness (QED) is 0.866. The van der Waals surface area contributed by atoms with E-state index in [-0.39, 0.29) is 6.42 Å². The molecule has 0 amide bonds. The Bertz CT molecular complexity index is 392. The summed E-state index contributed by atoms with van der Waals surface area (Å²) >= 11 is 0. The van der Waals surface area contributed by atoms with Crippen LogP contribution in [0.3, 0.4) is 0 Å². The maximum Gasteiger partial charge on any atom is 0.410 e. The van der Waals surface area contributed by atoms with Crippen LogP contribution in [-0.4, -0.2) is 23.7 Å². The fourth-order valence-corrected chi connectivity index (χ4v) is 2.02. The normalized spacial score (nSPS) is 20.9. The second kappa shape index (κ2) is 4.52. The lowest BCUT2D eigenvalue weighted by atomic mass is 10.1. The molecule has 3 nitrogen and oxygen atoms in total. The monoisotopic (exact) mass is 245 g/mol. The molecule has 94 valence electrons. The number of halogens is 3. The number of pyridine rings is 1. The van der Waals surface area contributed by atoms with Gasteiger partial charge in [0.15, 0.2) is 0 Å². The first kappa shape index (κ1) is 12.2. The summed E-state index contributed by atoms with van der Waals surface area (Å²) in [6.07, 6.45) is -2.00. The number of aromatic nitrogens is 1. The first-order valence-electron chi connectivity index (χ1n) is 5.57. The van der Waals surface area contributed by atoms with E-state index in [2.05, 4.69) is 10.4 Å². The van der Waals surface area contributed by atoms with Gasteiger partial charge in [0.1, 0.15) is 11.9 Å². The van der Waals surface area contributed by atoms with Crippen LogP contribution < -0.4 is 10.4 Å². The van der Waals surface area contributed by atoms with Gasteiger partial charge >= 0.3 is 6.18 Å². The number of hydrogen-bond acceptors (Lipinski definition) is 3. The minimum absolute atomic E-state index is 0.0588. The predicted molar refractivity (Wildman–Crippen MR) is 58.6 cm³/mol. The Balaban J connectivity index is 2.32. The van der Waals surface area contributed by atoms with E-state index in [1.807, 2.05) is 6.92 Å². The highest BCUT2D eigenvalue weighted by Crippen LogP contribution is 2.32. The van der Waals surface area contributed by atoms with Crippen molar-refractivity contribution in [2.24, 2.45) is 0 Å². The molecule has 0 bridgehead atoms. The Labute approximate surface area is 97.6 Å². The average Bonchev–Trinajstić information content (AvgIpc) is 2.77. The van der Waals surface area contributed by atoms with E-state index in [1.165, 1.54) is 6.20 Å². The molecule has 1 aliphatic heterocycles. The zero-order valence-corrected chi connectivity index (χ0v) is 9.46. The molecule has 1 saturated heterocycles. The third-order valence-electron chi connectivity index (χ3n) is 2.87. The number of hydrazine groups is 1. The van der Waals surface area contributed by atoms with Gasteiger partial charge in [-0.3, -0.25) is 5.01 Å². The highest BCUT2D eigenvalue weighted by molar-refractivity contribution is 5.47. The number of nitrogens with one attached hydrogen (secondary N) is 1. The van der Waals surface area contributed by atoms with E-state index in [1.54, 1.807) is 12.1 Å². The van der Waals surface area contributed by atoms with Gasteiger partial charge in [0.05, 0.1) is 0 Å². The largest absolute Gasteiger partial charge is 0.410 e. The summed E-state index contributed by atoms with van der Waals surface area (Å²) in [7, 11) is 0. The van der Waals surface area contributed by atoms with Crippen LogP contribution in [0.2, 0.25) is 0 Å². The molecule has 1 aromatic rings. The molecule has 1 fully saturated rings. The molecule has 17 heavy (non-hydrogen) atoms. The van der Waals surface area contributed by atoms with Crippen LogP contribution in [0.1, 0.15) is 18.9 Å². The summed E-state index contributed by atoms with van der Waals surface area (Å²) in [5, 5.41) is 1.15. The van der Waals surface area contributed by atoms with Crippen LogP contribution in [0.4, 0.5) is 19.0 Å². The Morgan fingerprint density at radius 3 is 2.94 bits per heavy atom. The molecular formula is C11H14F3N3. The van der Waals surface area contributed by atoms with Gasteiger partial charge in [0.2, 0.25) is 0 Å². The molecule has 1 atom stereocenters. The molecule has 0 spiro atoms. The van der Waals surface area contributed by atoms with E-state index in [0.29, 0.717) is 18.8 Å². The van der Waals surface area contributed by atoms with Crippen LogP contribution in [0.15, 0.2) is 18.3 Å². The predicted octanol–water partition coefficient (Wildman–Crippen LogP) is 2.29. The van der Waals surface area contributed by atoms with Gasteiger partial charge < -0.3 is 0 Å². The molecule has 1 aromatic heterocycles. The molecule has 2 heterocycles. The van der Waals surface area contributed by atoms with Crippen molar-refractivity contribution >= 4 is 5.82 Å². The van der Waals surface area contributed by atoms with Crippen LogP contribution in [0.5, 0.6) is 0 Å². The SMILES string of the molecule is CCc1cccnc1N1NCCC1C(F)(F)F. The minimum atomic E-state index is -4.23. The Kier molecular flexibility index (Phi) is 3.24. The van der Waals surface area contributed by atoms with Gasteiger partial charge in [-0.2, -0.15) is 13.2 Å². The highest BCUT2D eigenvalue weighted by atomic mass is 19.4. The summed E-state index contributed by atoms with van der Waals surface area (Å²) in [5.74, 6) is 0.384. The summed E-state index contributed by atoms with van der Waals surface area (Å²) in [6, 6.07) is 2.05. The molecule has 1 aliphatic rings. The molecule has 2 rings (SSSR count). The molecule has 1 N–H and O–H groups in total. The fourth-order valence-electron chi connectivity index (χ4n) is 2.02. The minimum Gasteiger partial charge on any atom is -0.280 e. The van der Waals surface area contributed by atoms with E-state index in [4.69, 9.17) is 0 Å². The van der Waals surface area contributed by atoms with Gasteiger partial charge in [0.25, 0.3) is 0 Å². The van der Waals surface area contributed by atoms with Crippen molar-refractivity contribution in [3.05, 3.63) is 23.9 Å². The van der Waals surface area contributed by atoms with Crippen molar-refractivity contribution in [2.45, 2.75) is 32.0 Å². The zero-order chi connectivity index (χ0) is 12.5. The lowest BCUT2D eigenvalue weighted by molar-refractivity contribution is -0.146. The average molecular weight is 245 g/mol. The lowest BCUT2D eigenvalue weighted by Gasteiger charge is -2.28. The zero-order valence-electron chi connectivity index (χ0n) is 9.46. The van der Waals surface area contributed by atoms with Gasteiger partial charge in [-0.1, -0.05) is 13.0 Å². The highest BCUT2D eigenvalue weighted by Gasteiger charge is 2.47. The number of nitrogens with zero attached hydrogens (tertiary/aromatic N) is 2. The second-order valence-electron chi connectivity index (χ2n) is 3.96. The molecule has 6 heteroatoms. The fraction of sp³-hybridized carbons (Fsp3) is 0.545. The maximum atomic E-state index is 12.8. The second-order valence-corrected chi connectivity index (χ2v) is 3.96. The topological polar surface area (TPSA) is 28.2 Å². The third-order valence-corrected chi connectivity index (χ3v) is 2.87. The van der Waals surface area contributed by atoms with Crippen LogP contribution in [-0.2, 0) is 6.42 Å². The van der Waals surface area contributed by atoms with Crippen molar-refractivity contribution in [3.63, 3.8) is 0 Å². The number of aryl methyl sites for hydroxylation is 1. The molecule has 0 saturated carbocycles. The summed E-state index contributed by atoms with van der Waals surface area (Å²) in [4.78, 5) is 4.06. The number of rotatable bonds is 2. The van der Waals surface area contributed by atoms with Crippen molar-refractivity contribution < 1.29 is 13.2 Å². The smallest absolute Gasteiger partial charge is 0.280 e. The Hall–Kier alpha value is -1.30. The van der Waals surface area contributed by atoms with Gasteiger partial charge in [-0.05, 0) is 24.5 Å². The van der Waals surface area contributed by atoms with E-state index < -0.39 is 12.2 Å². The first-order chi connectivity index (χ1) is 8.04. The van der Waals surface area contributed by atoms with Crippen LogP contribution >= 0.6 is 0 Å². The van der Waals surface area contributed by atoms with Gasteiger partial charge in [-0.15, -0.1) is 0 Å². The first-order valence-corrected chi connectivity index (χ1v) is 5.57. The van der Waals surface area contributed by atoms with Crippen molar-refractivity contribution in [1.82, 2.24) is 10.4 Å². The number of alkyl halides is 3. The summed E-state index contributed by atoms with van der Waals surface area (Å²) in [6.45, 7) is 2.23. The van der Waals surface area contributed by atoms with Crippen molar-refractivity contribution in [1.29, 1.82) is 0 Å². The lowest BCUT2D eigenvalue weighted by Crippen LogP contribution is -2.46. The Morgan fingerprint density at radius 1 is 1.53 bits per heavy atom. The van der Waals surface area contributed by atoms with Crippen LogP contribution in [0, 0.1) is 0 Å². The number of hydrogen-bond donors (Lipinski definition) is 1. The molecule has 0 radical (unpaired) electrons. The maximum absolute atomic E-state index is 12.8. The van der Waals surface area contributed by atoms with Gasteiger partial charge in [-0.25, -0.2) is 10.4 Å². The van der Waals surface area contributed by atoms with E-state index in [0.717, 1.165) is 10.6 Å². The summed E-state index contributed by atoms with van der Waals surface area (Å²) < 4.78 is 38.5. The van der Waals surface area contributed by atoms with E-state index in [9.17, 15) is 13.2 Å². The summed E-state index contributed by atoms with van der Waals surface area (Å²) in [5.41, 5.74) is 3.57. The van der Waals surface area contributed by atoms with Gasteiger partial charge in [0, 0.05) is 12.7 Å². The Morgan fingerprint density at radius 2 is 2.29 bits per heavy atom.